The largest absolute Gasteiger partial charge is 0.481 e. The third-order valence-electron chi connectivity index (χ3n) is 4.75. The number of aromatic nitrogens is 3. The molecular weight excluding hydrogens is 410 g/mol. The van der Waals surface area contributed by atoms with Crippen LogP contribution in [-0.4, -0.2) is 39.0 Å². The molecule has 4 rings (SSSR count). The first kappa shape index (κ1) is 20.7. The summed E-state index contributed by atoms with van der Waals surface area (Å²) < 4.78 is 5.06. The molecule has 9 heteroatoms. The quantitative estimate of drug-likeness (QED) is 0.407. The van der Waals surface area contributed by atoms with E-state index in [-0.39, 0.29) is 11.5 Å². The maximum absolute atomic E-state index is 12.5. The highest BCUT2D eigenvalue weighted by atomic mass is 16.5. The fraction of sp³-hybridized carbons (Fsp3) is 0.0870. The van der Waals surface area contributed by atoms with Gasteiger partial charge in [-0.15, -0.1) is 0 Å². The monoisotopic (exact) mass is 429 g/mol. The number of benzene rings is 2. The molecule has 32 heavy (non-hydrogen) atoms. The van der Waals surface area contributed by atoms with E-state index in [1.54, 1.807) is 30.3 Å². The minimum Gasteiger partial charge on any atom is -0.481 e. The van der Waals surface area contributed by atoms with Gasteiger partial charge in [-0.3, -0.25) is 4.79 Å². The number of pyridine rings is 1. The molecule has 0 aliphatic carbocycles. The van der Waals surface area contributed by atoms with Crippen LogP contribution in [0.3, 0.4) is 0 Å². The van der Waals surface area contributed by atoms with Gasteiger partial charge in [-0.05, 0) is 35.9 Å². The second kappa shape index (κ2) is 9.09. The molecule has 3 N–H and O–H groups in total. The van der Waals surface area contributed by atoms with Crippen LogP contribution in [-0.2, 0) is 6.54 Å². The van der Waals surface area contributed by atoms with Crippen LogP contribution in [0.15, 0.2) is 67.1 Å². The van der Waals surface area contributed by atoms with Crippen molar-refractivity contribution < 1.29 is 19.4 Å². The molecule has 160 valence electrons. The lowest BCUT2D eigenvalue weighted by Gasteiger charge is -2.11. The molecule has 0 bridgehead atoms. The van der Waals surface area contributed by atoms with Crippen molar-refractivity contribution in [3.63, 3.8) is 0 Å². The summed E-state index contributed by atoms with van der Waals surface area (Å²) in [6, 6.07) is 15.5. The molecule has 2 aromatic carbocycles. The molecule has 1 amide bonds. The normalized spacial score (nSPS) is 10.5. The van der Waals surface area contributed by atoms with Crippen LogP contribution in [0.4, 0.5) is 11.5 Å². The van der Waals surface area contributed by atoms with Crippen molar-refractivity contribution >= 4 is 34.3 Å². The van der Waals surface area contributed by atoms with E-state index in [9.17, 15) is 14.7 Å². The number of nitrogens with one attached hydrogen (secondary N) is 2. The minimum absolute atomic E-state index is 0.116. The lowest BCUT2D eigenvalue weighted by atomic mass is 10.1. The van der Waals surface area contributed by atoms with Gasteiger partial charge >= 0.3 is 5.97 Å². The van der Waals surface area contributed by atoms with E-state index in [1.807, 2.05) is 18.2 Å². The second-order valence-corrected chi connectivity index (χ2v) is 6.82. The van der Waals surface area contributed by atoms with Gasteiger partial charge in [0, 0.05) is 35.4 Å². The average molecular weight is 429 g/mol. The molecule has 0 aliphatic rings. The Balaban J connectivity index is 1.50. The molecule has 0 radical (unpaired) electrons. The van der Waals surface area contributed by atoms with Crippen LogP contribution in [0.25, 0.3) is 10.9 Å². The molecule has 0 aliphatic heterocycles. The number of aromatic carboxylic acids is 1. The molecular formula is C23H19N5O4. The zero-order valence-electron chi connectivity index (χ0n) is 17.1. The van der Waals surface area contributed by atoms with E-state index in [0.717, 1.165) is 5.56 Å². The number of nitrogens with zero attached hydrogens (tertiary/aromatic N) is 3. The maximum atomic E-state index is 12.5. The molecule has 2 heterocycles. The van der Waals surface area contributed by atoms with Crippen molar-refractivity contribution in [3.05, 3.63) is 83.8 Å². The predicted molar refractivity (Wildman–Crippen MR) is 119 cm³/mol. The Labute approximate surface area is 183 Å². The van der Waals surface area contributed by atoms with Crippen LogP contribution >= 0.6 is 0 Å². The SMILES string of the molecule is COc1cc(C(=O)Nc2cccc(CNc3ncnc4c(C(=O)O)cccc34)c2)ccn1. The van der Waals surface area contributed by atoms with Crippen LogP contribution in [0.5, 0.6) is 5.88 Å². The summed E-state index contributed by atoms with van der Waals surface area (Å²) in [6.45, 7) is 0.413. The molecule has 0 unspecified atom stereocenters. The highest BCUT2D eigenvalue weighted by Crippen LogP contribution is 2.23. The van der Waals surface area contributed by atoms with Gasteiger partial charge in [0.1, 0.15) is 12.1 Å². The molecule has 4 aromatic rings. The highest BCUT2D eigenvalue weighted by Gasteiger charge is 2.12. The third kappa shape index (κ3) is 4.46. The fourth-order valence-corrected chi connectivity index (χ4v) is 3.21. The Hall–Kier alpha value is -4.53. The zero-order valence-corrected chi connectivity index (χ0v) is 17.1. The van der Waals surface area contributed by atoms with Crippen molar-refractivity contribution in [2.45, 2.75) is 6.54 Å². The van der Waals surface area contributed by atoms with Crippen LogP contribution in [0.1, 0.15) is 26.3 Å². The number of hydrogen-bond acceptors (Lipinski definition) is 7. The summed E-state index contributed by atoms with van der Waals surface area (Å²) in [5.41, 5.74) is 2.45. The molecule has 0 saturated carbocycles. The van der Waals surface area contributed by atoms with Gasteiger partial charge in [-0.2, -0.15) is 0 Å². The number of amides is 1. The van der Waals surface area contributed by atoms with Gasteiger partial charge in [0.05, 0.1) is 18.2 Å². The van der Waals surface area contributed by atoms with E-state index in [0.29, 0.717) is 40.4 Å². The van der Waals surface area contributed by atoms with Gasteiger partial charge < -0.3 is 20.5 Å². The smallest absolute Gasteiger partial charge is 0.337 e. The Bertz CT molecular complexity index is 1310. The lowest BCUT2D eigenvalue weighted by Crippen LogP contribution is -2.12. The maximum Gasteiger partial charge on any atom is 0.337 e. The Morgan fingerprint density at radius 2 is 1.88 bits per heavy atom. The summed E-state index contributed by atoms with van der Waals surface area (Å²) in [4.78, 5) is 36.3. The number of carboxylic acids is 1. The van der Waals surface area contributed by atoms with E-state index >= 15 is 0 Å². The zero-order chi connectivity index (χ0) is 22.5. The number of para-hydroxylation sites is 1. The molecule has 0 spiro atoms. The molecule has 2 aromatic heterocycles. The van der Waals surface area contributed by atoms with Gasteiger partial charge in [-0.25, -0.2) is 19.7 Å². The fourth-order valence-electron chi connectivity index (χ4n) is 3.21. The number of ether oxygens (including phenoxy) is 1. The van der Waals surface area contributed by atoms with Crippen LogP contribution in [0, 0.1) is 0 Å². The van der Waals surface area contributed by atoms with E-state index in [2.05, 4.69) is 25.6 Å². The number of anilines is 2. The first-order valence-electron chi connectivity index (χ1n) is 9.66. The number of carboxylic acid groups (broad SMARTS) is 1. The highest BCUT2D eigenvalue weighted by molar-refractivity contribution is 6.05. The van der Waals surface area contributed by atoms with Crippen molar-refractivity contribution in [1.29, 1.82) is 0 Å². The van der Waals surface area contributed by atoms with Crippen molar-refractivity contribution in [2.24, 2.45) is 0 Å². The summed E-state index contributed by atoms with van der Waals surface area (Å²) in [7, 11) is 1.49. The number of hydrogen-bond donors (Lipinski definition) is 3. The average Bonchev–Trinajstić information content (AvgIpc) is 2.82. The number of rotatable bonds is 7. The molecule has 9 nitrogen and oxygen atoms in total. The minimum atomic E-state index is -1.05. The van der Waals surface area contributed by atoms with E-state index < -0.39 is 5.97 Å². The van der Waals surface area contributed by atoms with Gasteiger partial charge in [0.25, 0.3) is 5.91 Å². The van der Waals surface area contributed by atoms with E-state index in [4.69, 9.17) is 4.74 Å². The van der Waals surface area contributed by atoms with Crippen LogP contribution in [0.2, 0.25) is 0 Å². The summed E-state index contributed by atoms with van der Waals surface area (Å²) in [5, 5.41) is 16.1. The Kier molecular flexibility index (Phi) is 5.89. The Morgan fingerprint density at radius 3 is 2.69 bits per heavy atom. The Morgan fingerprint density at radius 1 is 1.03 bits per heavy atom. The standard InChI is InChI=1S/C23H19N5O4/c1-32-19-11-15(8-9-24-19)22(29)28-16-5-2-4-14(10-16)12-25-21-17-6-3-7-18(23(30)31)20(17)26-13-27-21/h2-11,13H,12H2,1H3,(H,28,29)(H,30,31)(H,25,26,27). The van der Waals surface area contributed by atoms with Crippen LogP contribution < -0.4 is 15.4 Å². The summed E-state index contributed by atoms with van der Waals surface area (Å²) in [5.74, 6) is -0.440. The number of fused-ring (bicyclic) bond motifs is 1. The summed E-state index contributed by atoms with van der Waals surface area (Å²) >= 11 is 0. The number of methoxy groups -OCH3 is 1. The molecule has 0 saturated heterocycles. The van der Waals surface area contributed by atoms with Gasteiger partial charge in [-0.1, -0.05) is 18.2 Å². The van der Waals surface area contributed by atoms with Gasteiger partial charge in [0.15, 0.2) is 0 Å². The van der Waals surface area contributed by atoms with Gasteiger partial charge in [0.2, 0.25) is 5.88 Å². The van der Waals surface area contributed by atoms with Crippen molar-refractivity contribution in [2.75, 3.05) is 17.7 Å². The first-order chi connectivity index (χ1) is 15.5. The van der Waals surface area contributed by atoms with Crippen molar-refractivity contribution in [3.8, 4) is 5.88 Å². The number of carbonyl (C=O) groups excluding carboxylic acids is 1. The molecule has 0 atom stereocenters. The number of carbonyl (C=O) groups is 2. The summed E-state index contributed by atoms with van der Waals surface area (Å²) in [6.07, 6.45) is 2.84. The van der Waals surface area contributed by atoms with E-state index in [1.165, 1.54) is 25.7 Å². The lowest BCUT2D eigenvalue weighted by molar-refractivity contribution is 0.0698. The van der Waals surface area contributed by atoms with Crippen molar-refractivity contribution in [1.82, 2.24) is 15.0 Å². The third-order valence-corrected chi connectivity index (χ3v) is 4.75. The first-order valence-corrected chi connectivity index (χ1v) is 9.66. The predicted octanol–water partition coefficient (Wildman–Crippen LogP) is 3.60. The second-order valence-electron chi connectivity index (χ2n) is 6.82. The topological polar surface area (TPSA) is 126 Å². The molecule has 0 fully saturated rings.